The highest BCUT2D eigenvalue weighted by Gasteiger charge is 2.34. The molecule has 2 aliphatic heterocycles. The number of benzene rings is 2. The van der Waals surface area contributed by atoms with Gasteiger partial charge in [0.25, 0.3) is 0 Å². The molecule has 1 aliphatic carbocycles. The van der Waals surface area contributed by atoms with Crippen LogP contribution in [0.3, 0.4) is 0 Å². The van der Waals surface area contributed by atoms with Crippen molar-refractivity contribution in [3.8, 4) is 12.1 Å². The van der Waals surface area contributed by atoms with Crippen LogP contribution >= 0.6 is 0 Å². The number of aryl methyl sites for hydroxylation is 1. The van der Waals surface area contributed by atoms with Gasteiger partial charge >= 0.3 is 6.01 Å². The third-order valence-corrected chi connectivity index (χ3v) is 10.2. The predicted molar refractivity (Wildman–Crippen MR) is 183 cm³/mol. The number of nitrogens with zero attached hydrogens (tertiary/aromatic N) is 7. The number of piperazine rings is 1. The molecule has 1 amide bonds. The number of ether oxygens (including phenoxy) is 1. The van der Waals surface area contributed by atoms with Crippen LogP contribution in [0.2, 0.25) is 0 Å². The van der Waals surface area contributed by atoms with Crippen LogP contribution < -0.4 is 14.5 Å². The number of hydrogen-bond acceptors (Lipinski definition) is 8. The lowest BCUT2D eigenvalue weighted by molar-refractivity contribution is -0.128. The summed E-state index contributed by atoms with van der Waals surface area (Å²) in [5.74, 6) is 1.02. The SMILES string of the molecule is C=CC(=O)N1CCN(c2nc(O[C@H](CN(C)C3CCC3)C(C)C)nc3c2CCN(c2cccc4cccc(C)c24)C3)C[C@@H]1CC#N. The molecule has 6 rings (SSSR count). The van der Waals surface area contributed by atoms with E-state index in [1.165, 1.54) is 47.4 Å². The maximum Gasteiger partial charge on any atom is 0.319 e. The number of carbonyl (C=O) groups is 1. The molecule has 242 valence electrons. The van der Waals surface area contributed by atoms with Gasteiger partial charge in [-0.25, -0.2) is 0 Å². The van der Waals surface area contributed by atoms with Crippen LogP contribution in [0.1, 0.15) is 56.4 Å². The largest absolute Gasteiger partial charge is 0.458 e. The molecule has 1 saturated heterocycles. The van der Waals surface area contributed by atoms with Crippen LogP contribution in [0.15, 0.2) is 49.1 Å². The smallest absolute Gasteiger partial charge is 0.319 e. The van der Waals surface area contributed by atoms with Gasteiger partial charge in [-0.2, -0.15) is 15.2 Å². The van der Waals surface area contributed by atoms with Crippen molar-refractivity contribution in [3.63, 3.8) is 0 Å². The van der Waals surface area contributed by atoms with Crippen LogP contribution in [0.25, 0.3) is 10.8 Å². The molecule has 0 spiro atoms. The maximum absolute atomic E-state index is 12.6. The second kappa shape index (κ2) is 13.7. The molecule has 46 heavy (non-hydrogen) atoms. The molecule has 9 heteroatoms. The first kappa shape index (κ1) is 31.8. The summed E-state index contributed by atoms with van der Waals surface area (Å²) in [4.78, 5) is 31.7. The predicted octanol–water partition coefficient (Wildman–Crippen LogP) is 5.51. The van der Waals surface area contributed by atoms with E-state index in [9.17, 15) is 10.1 Å². The molecule has 9 nitrogen and oxygen atoms in total. The molecule has 1 aromatic heterocycles. The van der Waals surface area contributed by atoms with Crippen molar-refractivity contribution in [2.45, 2.75) is 77.6 Å². The first-order chi connectivity index (χ1) is 22.3. The van der Waals surface area contributed by atoms with Gasteiger partial charge in [-0.15, -0.1) is 0 Å². The minimum atomic E-state index is -0.238. The van der Waals surface area contributed by atoms with Crippen molar-refractivity contribution in [2.75, 3.05) is 49.6 Å². The van der Waals surface area contributed by atoms with Crippen molar-refractivity contribution in [2.24, 2.45) is 5.92 Å². The van der Waals surface area contributed by atoms with E-state index < -0.39 is 0 Å². The summed E-state index contributed by atoms with van der Waals surface area (Å²) in [7, 11) is 2.20. The molecule has 2 fully saturated rings. The molecule has 2 atom stereocenters. The van der Waals surface area contributed by atoms with Crippen LogP contribution in [0.5, 0.6) is 6.01 Å². The van der Waals surface area contributed by atoms with Gasteiger partial charge in [0.15, 0.2) is 0 Å². The van der Waals surface area contributed by atoms with E-state index in [0.717, 1.165) is 36.6 Å². The van der Waals surface area contributed by atoms with E-state index in [1.807, 2.05) is 0 Å². The van der Waals surface area contributed by atoms with E-state index in [-0.39, 0.29) is 30.4 Å². The molecule has 0 bridgehead atoms. The second-order valence-electron chi connectivity index (χ2n) is 13.5. The van der Waals surface area contributed by atoms with E-state index in [1.54, 1.807) is 4.90 Å². The molecule has 3 aliphatic rings. The summed E-state index contributed by atoms with van der Waals surface area (Å²) >= 11 is 0. The highest BCUT2D eigenvalue weighted by Crippen LogP contribution is 2.36. The fraction of sp³-hybridized carbons (Fsp3) is 0.514. The van der Waals surface area contributed by atoms with Gasteiger partial charge in [-0.05, 0) is 62.2 Å². The van der Waals surface area contributed by atoms with Gasteiger partial charge in [0.1, 0.15) is 11.9 Å². The summed E-state index contributed by atoms with van der Waals surface area (Å²) < 4.78 is 6.71. The minimum Gasteiger partial charge on any atom is -0.458 e. The zero-order chi connectivity index (χ0) is 32.4. The Kier molecular flexibility index (Phi) is 9.46. The number of fused-ring (bicyclic) bond motifs is 2. The Morgan fingerprint density at radius 3 is 2.63 bits per heavy atom. The van der Waals surface area contributed by atoms with Crippen molar-refractivity contribution in [3.05, 3.63) is 65.9 Å². The zero-order valence-corrected chi connectivity index (χ0v) is 27.8. The van der Waals surface area contributed by atoms with Crippen LogP contribution in [0, 0.1) is 24.2 Å². The lowest BCUT2D eigenvalue weighted by Gasteiger charge is -2.42. The third-order valence-electron chi connectivity index (χ3n) is 10.2. The fourth-order valence-electron chi connectivity index (χ4n) is 7.19. The molecule has 0 unspecified atom stereocenters. The van der Waals surface area contributed by atoms with Gasteiger partial charge in [-0.3, -0.25) is 9.69 Å². The summed E-state index contributed by atoms with van der Waals surface area (Å²) in [5, 5.41) is 12.1. The van der Waals surface area contributed by atoms with Gasteiger partial charge in [0, 0.05) is 55.4 Å². The van der Waals surface area contributed by atoms with Gasteiger partial charge in [-0.1, -0.05) is 57.2 Å². The Bertz CT molecular complexity index is 1620. The molecule has 0 radical (unpaired) electrons. The number of amides is 1. The quantitative estimate of drug-likeness (QED) is 0.274. The van der Waals surface area contributed by atoms with Crippen molar-refractivity contribution < 1.29 is 9.53 Å². The molecule has 2 aromatic carbocycles. The number of aromatic nitrogens is 2. The summed E-state index contributed by atoms with van der Waals surface area (Å²) in [6.07, 6.45) is 6.12. The summed E-state index contributed by atoms with van der Waals surface area (Å²) in [6.45, 7) is 14.2. The summed E-state index contributed by atoms with van der Waals surface area (Å²) in [5.41, 5.74) is 4.59. The van der Waals surface area contributed by atoms with Crippen LogP contribution in [0.4, 0.5) is 11.5 Å². The first-order valence-corrected chi connectivity index (χ1v) is 16.8. The number of anilines is 2. The number of likely N-dealkylation sites (N-methyl/N-ethyl adjacent to an activating group) is 1. The van der Waals surface area contributed by atoms with Crippen molar-refractivity contribution in [1.29, 1.82) is 5.26 Å². The monoisotopic (exact) mass is 621 g/mol. The number of carbonyl (C=O) groups excluding carboxylic acids is 1. The molecule has 0 N–H and O–H groups in total. The normalized spacial score (nSPS) is 19.2. The van der Waals surface area contributed by atoms with Crippen molar-refractivity contribution >= 4 is 28.2 Å². The van der Waals surface area contributed by atoms with Gasteiger partial charge < -0.3 is 19.4 Å². The van der Waals surface area contributed by atoms with E-state index in [2.05, 4.69) is 91.6 Å². The Labute approximate surface area is 273 Å². The molecule has 1 saturated carbocycles. The maximum atomic E-state index is 12.6. The number of nitriles is 1. The fourth-order valence-corrected chi connectivity index (χ4v) is 7.19. The van der Waals surface area contributed by atoms with Gasteiger partial charge in [0.05, 0.1) is 30.8 Å². The average molecular weight is 622 g/mol. The Morgan fingerprint density at radius 2 is 1.93 bits per heavy atom. The first-order valence-electron chi connectivity index (χ1n) is 16.8. The van der Waals surface area contributed by atoms with Crippen LogP contribution in [-0.2, 0) is 17.8 Å². The van der Waals surface area contributed by atoms with Crippen LogP contribution in [-0.4, -0.2) is 83.6 Å². The topological polar surface area (TPSA) is 88.8 Å². The van der Waals surface area contributed by atoms with E-state index >= 15 is 0 Å². The standard InChI is InChI=1S/C37H47N7O2/c1-6-34(45)44-21-20-43(22-29(44)16-18-38)36-30-17-19-42(32-15-8-12-27-11-7-10-26(4)35(27)32)23-31(30)39-37(40-36)46-33(25(2)3)24-41(5)28-13-9-14-28/h6-8,10-12,15,25,28-29,33H,1,9,13-14,16-17,19-24H2,2-5H3/t29-,33+/m0/s1. The lowest BCUT2D eigenvalue weighted by atomic mass is 9.91. The average Bonchev–Trinajstić information content (AvgIpc) is 3.02. The molecule has 3 heterocycles. The highest BCUT2D eigenvalue weighted by atomic mass is 16.5. The third kappa shape index (κ3) is 6.41. The lowest BCUT2D eigenvalue weighted by Crippen LogP contribution is -2.55. The summed E-state index contributed by atoms with van der Waals surface area (Å²) in [6, 6.07) is 16.1. The highest BCUT2D eigenvalue weighted by molar-refractivity contribution is 5.97. The van der Waals surface area contributed by atoms with E-state index in [0.29, 0.717) is 38.2 Å². The van der Waals surface area contributed by atoms with Gasteiger partial charge in [0.2, 0.25) is 5.91 Å². The Balaban J connectivity index is 1.36. The minimum absolute atomic E-state index is 0.0506. The van der Waals surface area contributed by atoms with Crippen molar-refractivity contribution in [1.82, 2.24) is 19.8 Å². The Hall–Kier alpha value is -4.16. The molecular weight excluding hydrogens is 574 g/mol. The number of rotatable bonds is 10. The second-order valence-corrected chi connectivity index (χ2v) is 13.5. The molecular formula is C37H47N7O2. The zero-order valence-electron chi connectivity index (χ0n) is 27.8. The Morgan fingerprint density at radius 1 is 1.15 bits per heavy atom. The molecule has 3 aromatic rings. The number of hydrogen-bond donors (Lipinski definition) is 0. The van der Waals surface area contributed by atoms with E-state index in [4.69, 9.17) is 14.7 Å².